The molecule has 0 aromatic carbocycles. The summed E-state index contributed by atoms with van der Waals surface area (Å²) in [6, 6.07) is 6.64. The average molecular weight is 291 g/mol. The lowest BCUT2D eigenvalue weighted by Gasteiger charge is -2.17. The molecular formula is C14H21N5S. The minimum Gasteiger partial charge on any atom is -0.354 e. The summed E-state index contributed by atoms with van der Waals surface area (Å²) in [6.45, 7) is 4.99. The molecule has 0 amide bonds. The molecule has 5 nitrogen and oxygen atoms in total. The lowest BCUT2D eigenvalue weighted by molar-refractivity contribution is 0.643. The molecule has 2 heterocycles. The SMILES string of the molecule is CN=C(NCc1ccn[nH]1)NC(C)Cc1ccc(C)s1. The maximum atomic E-state index is 4.24. The van der Waals surface area contributed by atoms with Gasteiger partial charge >= 0.3 is 0 Å². The number of guanidine groups is 1. The highest BCUT2D eigenvalue weighted by molar-refractivity contribution is 7.11. The van der Waals surface area contributed by atoms with Gasteiger partial charge in [0.1, 0.15) is 0 Å². The van der Waals surface area contributed by atoms with Crippen LogP contribution in [0.1, 0.15) is 22.4 Å². The largest absolute Gasteiger partial charge is 0.354 e. The number of aromatic amines is 1. The smallest absolute Gasteiger partial charge is 0.191 e. The third kappa shape index (κ3) is 4.38. The quantitative estimate of drug-likeness (QED) is 0.584. The number of thiophene rings is 1. The molecule has 2 aromatic rings. The summed E-state index contributed by atoms with van der Waals surface area (Å²) in [5, 5.41) is 13.5. The van der Waals surface area contributed by atoms with E-state index in [0.29, 0.717) is 12.6 Å². The van der Waals surface area contributed by atoms with E-state index in [1.165, 1.54) is 9.75 Å². The summed E-state index contributed by atoms with van der Waals surface area (Å²) >= 11 is 1.85. The number of nitrogens with one attached hydrogen (secondary N) is 3. The van der Waals surface area contributed by atoms with E-state index in [4.69, 9.17) is 0 Å². The standard InChI is InChI=1S/C14H21N5S/c1-10(8-13-5-4-11(2)20-13)18-14(15-3)16-9-12-6-7-17-19-12/h4-7,10H,8-9H2,1-3H3,(H,17,19)(H2,15,16,18). The molecule has 0 aliphatic rings. The Morgan fingerprint density at radius 1 is 1.45 bits per heavy atom. The number of nitrogens with zero attached hydrogens (tertiary/aromatic N) is 2. The van der Waals surface area contributed by atoms with Gasteiger partial charge in [0.25, 0.3) is 0 Å². The van der Waals surface area contributed by atoms with E-state index >= 15 is 0 Å². The van der Waals surface area contributed by atoms with Crippen molar-refractivity contribution in [1.29, 1.82) is 0 Å². The molecular weight excluding hydrogens is 270 g/mol. The van der Waals surface area contributed by atoms with E-state index in [2.05, 4.69) is 51.8 Å². The first kappa shape index (κ1) is 14.6. The molecule has 3 N–H and O–H groups in total. The Morgan fingerprint density at radius 2 is 2.30 bits per heavy atom. The summed E-state index contributed by atoms with van der Waals surface area (Å²) in [7, 11) is 1.78. The zero-order valence-corrected chi connectivity index (χ0v) is 12.9. The molecule has 6 heteroatoms. The summed E-state index contributed by atoms with van der Waals surface area (Å²) in [6.07, 6.45) is 2.75. The Labute approximate surface area is 123 Å². The second-order valence-corrected chi connectivity index (χ2v) is 6.14. The Balaban J connectivity index is 1.80. The molecule has 0 radical (unpaired) electrons. The molecule has 1 atom stereocenters. The van der Waals surface area contributed by atoms with Crippen molar-refractivity contribution < 1.29 is 0 Å². The Bertz CT molecular complexity index is 544. The van der Waals surface area contributed by atoms with Gasteiger partial charge in [-0.1, -0.05) is 0 Å². The van der Waals surface area contributed by atoms with Gasteiger partial charge in [0.2, 0.25) is 0 Å². The molecule has 0 saturated heterocycles. The van der Waals surface area contributed by atoms with Crippen molar-refractivity contribution in [2.75, 3.05) is 7.05 Å². The van der Waals surface area contributed by atoms with Gasteiger partial charge < -0.3 is 10.6 Å². The summed E-state index contributed by atoms with van der Waals surface area (Å²) in [4.78, 5) is 6.99. The van der Waals surface area contributed by atoms with Gasteiger partial charge in [-0.25, -0.2) is 0 Å². The lowest BCUT2D eigenvalue weighted by atomic mass is 10.2. The van der Waals surface area contributed by atoms with Crippen molar-refractivity contribution in [3.05, 3.63) is 39.8 Å². The molecule has 2 rings (SSSR count). The van der Waals surface area contributed by atoms with Crippen LogP contribution in [-0.4, -0.2) is 29.2 Å². The lowest BCUT2D eigenvalue weighted by Crippen LogP contribution is -2.42. The minimum absolute atomic E-state index is 0.334. The molecule has 0 spiro atoms. The molecule has 108 valence electrons. The molecule has 1 unspecified atom stereocenters. The zero-order chi connectivity index (χ0) is 14.4. The number of rotatable bonds is 5. The van der Waals surface area contributed by atoms with Crippen LogP contribution in [0.15, 0.2) is 29.4 Å². The first-order valence-corrected chi connectivity index (χ1v) is 7.49. The molecule has 0 aliphatic heterocycles. The first-order valence-electron chi connectivity index (χ1n) is 6.68. The third-order valence-electron chi connectivity index (χ3n) is 2.91. The summed E-state index contributed by atoms with van der Waals surface area (Å²) < 4.78 is 0. The van der Waals surface area contributed by atoms with Crippen molar-refractivity contribution in [2.45, 2.75) is 32.9 Å². The van der Waals surface area contributed by atoms with E-state index in [1.807, 2.05) is 17.4 Å². The fraction of sp³-hybridized carbons (Fsp3) is 0.429. The van der Waals surface area contributed by atoms with Crippen molar-refractivity contribution in [3.63, 3.8) is 0 Å². The van der Waals surface area contributed by atoms with Crippen molar-refractivity contribution in [3.8, 4) is 0 Å². The predicted molar refractivity (Wildman–Crippen MR) is 84.1 cm³/mol. The third-order valence-corrected chi connectivity index (χ3v) is 3.94. The zero-order valence-electron chi connectivity index (χ0n) is 12.1. The van der Waals surface area contributed by atoms with Gasteiger partial charge in [0, 0.05) is 35.5 Å². The number of hydrogen-bond acceptors (Lipinski definition) is 3. The topological polar surface area (TPSA) is 65.1 Å². The van der Waals surface area contributed by atoms with E-state index in [0.717, 1.165) is 18.1 Å². The van der Waals surface area contributed by atoms with Crippen molar-refractivity contribution in [1.82, 2.24) is 20.8 Å². The van der Waals surface area contributed by atoms with Crippen molar-refractivity contribution >= 4 is 17.3 Å². The fourth-order valence-corrected chi connectivity index (χ4v) is 2.96. The maximum Gasteiger partial charge on any atom is 0.191 e. The molecule has 2 aromatic heterocycles. The van der Waals surface area contributed by atoms with E-state index < -0.39 is 0 Å². The second-order valence-electron chi connectivity index (χ2n) is 4.77. The van der Waals surface area contributed by atoms with E-state index in [-0.39, 0.29) is 0 Å². The Morgan fingerprint density at radius 3 is 2.90 bits per heavy atom. The van der Waals surface area contributed by atoms with Crippen LogP contribution in [0.3, 0.4) is 0 Å². The second kappa shape index (κ2) is 7.09. The predicted octanol–water partition coefficient (Wildman–Crippen LogP) is 2.08. The molecule has 0 saturated carbocycles. The number of hydrogen-bond donors (Lipinski definition) is 3. The monoisotopic (exact) mass is 291 g/mol. The minimum atomic E-state index is 0.334. The van der Waals surface area contributed by atoms with E-state index in [9.17, 15) is 0 Å². The Hall–Kier alpha value is -1.82. The highest BCUT2D eigenvalue weighted by Gasteiger charge is 2.07. The number of aryl methyl sites for hydroxylation is 1. The van der Waals surface area contributed by atoms with Crippen LogP contribution in [0.5, 0.6) is 0 Å². The summed E-state index contributed by atoms with van der Waals surface area (Å²) in [5.41, 5.74) is 1.04. The van der Waals surface area contributed by atoms with Crippen LogP contribution in [0.25, 0.3) is 0 Å². The molecule has 0 bridgehead atoms. The van der Waals surface area contributed by atoms with Gasteiger partial charge in [-0.3, -0.25) is 10.1 Å². The summed E-state index contributed by atoms with van der Waals surface area (Å²) in [5.74, 6) is 0.806. The number of aromatic nitrogens is 2. The normalized spacial score (nSPS) is 13.2. The van der Waals surface area contributed by atoms with Crippen LogP contribution < -0.4 is 10.6 Å². The average Bonchev–Trinajstić information content (AvgIpc) is 3.06. The highest BCUT2D eigenvalue weighted by atomic mass is 32.1. The van der Waals surface area contributed by atoms with E-state index in [1.54, 1.807) is 13.2 Å². The molecule has 0 aliphatic carbocycles. The highest BCUT2D eigenvalue weighted by Crippen LogP contribution is 2.16. The molecule has 0 fully saturated rings. The van der Waals surface area contributed by atoms with Gasteiger partial charge in [0.05, 0.1) is 12.2 Å². The van der Waals surface area contributed by atoms with Gasteiger partial charge in [0.15, 0.2) is 5.96 Å². The van der Waals surface area contributed by atoms with Gasteiger partial charge in [-0.15, -0.1) is 11.3 Å². The van der Waals surface area contributed by atoms with Crippen LogP contribution >= 0.6 is 11.3 Å². The van der Waals surface area contributed by atoms with Crippen molar-refractivity contribution in [2.24, 2.45) is 4.99 Å². The van der Waals surface area contributed by atoms with Crippen LogP contribution in [0.2, 0.25) is 0 Å². The van der Waals surface area contributed by atoms with Crippen LogP contribution in [-0.2, 0) is 13.0 Å². The maximum absolute atomic E-state index is 4.24. The molecule has 20 heavy (non-hydrogen) atoms. The number of H-pyrrole nitrogens is 1. The number of aliphatic imine (C=N–C) groups is 1. The van der Waals surface area contributed by atoms with Crippen LogP contribution in [0.4, 0.5) is 0 Å². The fourth-order valence-electron chi connectivity index (χ4n) is 1.94. The van der Waals surface area contributed by atoms with Gasteiger partial charge in [-0.2, -0.15) is 5.10 Å². The Kier molecular flexibility index (Phi) is 5.17. The van der Waals surface area contributed by atoms with Gasteiger partial charge in [-0.05, 0) is 32.0 Å². The first-order chi connectivity index (χ1) is 9.67. The van der Waals surface area contributed by atoms with Crippen LogP contribution in [0, 0.1) is 6.92 Å².